The Labute approximate surface area is 141 Å². The average Bonchev–Trinajstić information content (AvgIpc) is 2.58. The van der Waals surface area contributed by atoms with Crippen LogP contribution >= 0.6 is 0 Å². The fourth-order valence-electron chi connectivity index (χ4n) is 2.25. The maximum absolute atomic E-state index is 13.8. The van der Waals surface area contributed by atoms with Crippen molar-refractivity contribution in [3.63, 3.8) is 0 Å². The monoisotopic (exact) mass is 332 g/mol. The van der Waals surface area contributed by atoms with Gasteiger partial charge in [-0.2, -0.15) is 0 Å². The summed E-state index contributed by atoms with van der Waals surface area (Å²) in [4.78, 5) is 8.69. The minimum atomic E-state index is -0.568. The molecule has 128 valence electrons. The fraction of sp³-hybridized carbons (Fsp3) is 0.333. The Hall–Kier alpha value is -2.50. The summed E-state index contributed by atoms with van der Waals surface area (Å²) in [6.45, 7) is 5.51. The van der Waals surface area contributed by atoms with Crippen molar-refractivity contribution >= 4 is 5.96 Å². The number of pyridine rings is 1. The largest absolute Gasteiger partial charge is 0.357 e. The molecule has 0 amide bonds. The third-order valence-electron chi connectivity index (χ3n) is 3.54. The van der Waals surface area contributed by atoms with Crippen molar-refractivity contribution < 1.29 is 8.78 Å². The van der Waals surface area contributed by atoms with Crippen LogP contribution in [0.3, 0.4) is 0 Å². The molecule has 0 spiro atoms. The molecule has 0 aliphatic heterocycles. The van der Waals surface area contributed by atoms with E-state index in [0.717, 1.165) is 11.8 Å². The topological polar surface area (TPSA) is 49.3 Å². The van der Waals surface area contributed by atoms with E-state index in [2.05, 4.69) is 20.6 Å². The Bertz CT molecular complexity index is 674. The van der Waals surface area contributed by atoms with Crippen LogP contribution in [0.4, 0.5) is 8.78 Å². The van der Waals surface area contributed by atoms with Crippen molar-refractivity contribution in [2.45, 2.75) is 26.3 Å². The van der Waals surface area contributed by atoms with Gasteiger partial charge in [0.15, 0.2) is 5.96 Å². The Morgan fingerprint density at radius 2 is 2.04 bits per heavy atom. The molecule has 0 aliphatic carbocycles. The zero-order valence-corrected chi connectivity index (χ0v) is 13.9. The van der Waals surface area contributed by atoms with Gasteiger partial charge >= 0.3 is 0 Å². The first-order chi connectivity index (χ1) is 11.6. The molecule has 24 heavy (non-hydrogen) atoms. The number of benzene rings is 1. The SMILES string of the molecule is CCNC(=NCc1ccccn1)NCC(C)c1ccc(F)cc1F. The predicted octanol–water partition coefficient (Wildman–Crippen LogP) is 3.22. The summed E-state index contributed by atoms with van der Waals surface area (Å²) < 4.78 is 26.8. The number of hydrogen-bond donors (Lipinski definition) is 2. The highest BCUT2D eigenvalue weighted by molar-refractivity contribution is 5.79. The highest BCUT2D eigenvalue weighted by Gasteiger charge is 2.12. The predicted molar refractivity (Wildman–Crippen MR) is 91.8 cm³/mol. The van der Waals surface area contributed by atoms with E-state index in [9.17, 15) is 8.78 Å². The first kappa shape index (κ1) is 17.8. The standard InChI is InChI=1S/C18H22F2N4/c1-3-21-18(24-12-15-6-4-5-9-22-15)23-11-13(2)16-8-7-14(19)10-17(16)20/h4-10,13H,3,11-12H2,1-2H3,(H2,21,23,24). The molecule has 1 unspecified atom stereocenters. The van der Waals surface area contributed by atoms with Gasteiger partial charge < -0.3 is 10.6 Å². The van der Waals surface area contributed by atoms with E-state index in [1.54, 1.807) is 6.20 Å². The van der Waals surface area contributed by atoms with Gasteiger partial charge in [0.25, 0.3) is 0 Å². The molecular formula is C18H22F2N4. The van der Waals surface area contributed by atoms with Crippen molar-refractivity contribution in [1.82, 2.24) is 15.6 Å². The van der Waals surface area contributed by atoms with Crippen molar-refractivity contribution in [3.05, 3.63) is 65.5 Å². The number of hydrogen-bond acceptors (Lipinski definition) is 2. The average molecular weight is 332 g/mol. The van der Waals surface area contributed by atoms with Gasteiger partial charge in [0.1, 0.15) is 11.6 Å². The van der Waals surface area contributed by atoms with Crippen molar-refractivity contribution in [3.8, 4) is 0 Å². The third-order valence-corrected chi connectivity index (χ3v) is 3.54. The molecule has 2 N–H and O–H groups in total. The summed E-state index contributed by atoms with van der Waals surface area (Å²) in [7, 11) is 0. The van der Waals surface area contributed by atoms with E-state index in [0.29, 0.717) is 31.2 Å². The second kappa shape index (κ2) is 8.96. The van der Waals surface area contributed by atoms with Crippen LogP contribution < -0.4 is 10.6 Å². The summed E-state index contributed by atoms with van der Waals surface area (Å²) in [6.07, 6.45) is 1.73. The van der Waals surface area contributed by atoms with Gasteiger partial charge in [-0.1, -0.05) is 19.1 Å². The summed E-state index contributed by atoms with van der Waals surface area (Å²) in [5.41, 5.74) is 1.34. The van der Waals surface area contributed by atoms with Crippen LogP contribution in [0, 0.1) is 11.6 Å². The molecule has 0 fully saturated rings. The fourth-order valence-corrected chi connectivity index (χ4v) is 2.25. The van der Waals surface area contributed by atoms with Gasteiger partial charge in [-0.05, 0) is 30.7 Å². The Kier molecular flexibility index (Phi) is 6.66. The third kappa shape index (κ3) is 5.30. The lowest BCUT2D eigenvalue weighted by Gasteiger charge is -2.16. The van der Waals surface area contributed by atoms with Crippen molar-refractivity contribution in [2.24, 2.45) is 4.99 Å². The van der Waals surface area contributed by atoms with E-state index in [4.69, 9.17) is 0 Å². The van der Waals surface area contributed by atoms with Crippen molar-refractivity contribution in [2.75, 3.05) is 13.1 Å². The van der Waals surface area contributed by atoms with Crippen LogP contribution in [0.5, 0.6) is 0 Å². The number of guanidine groups is 1. The van der Waals surface area contributed by atoms with E-state index in [-0.39, 0.29) is 5.92 Å². The zero-order valence-electron chi connectivity index (χ0n) is 13.9. The van der Waals surface area contributed by atoms with Crippen LogP contribution in [0.2, 0.25) is 0 Å². The summed E-state index contributed by atoms with van der Waals surface area (Å²) in [5.74, 6) is -0.580. The van der Waals surface area contributed by atoms with E-state index < -0.39 is 11.6 Å². The van der Waals surface area contributed by atoms with E-state index in [1.807, 2.05) is 32.0 Å². The van der Waals surface area contributed by atoms with Crippen molar-refractivity contribution in [1.29, 1.82) is 0 Å². The number of halogens is 2. The maximum Gasteiger partial charge on any atom is 0.191 e. The number of nitrogens with one attached hydrogen (secondary N) is 2. The lowest BCUT2D eigenvalue weighted by Crippen LogP contribution is -2.39. The molecule has 1 heterocycles. The zero-order chi connectivity index (χ0) is 17.4. The summed E-state index contributed by atoms with van der Waals surface area (Å²) >= 11 is 0. The lowest BCUT2D eigenvalue weighted by molar-refractivity contribution is 0.556. The minimum Gasteiger partial charge on any atom is -0.357 e. The van der Waals surface area contributed by atoms with Gasteiger partial charge in [0, 0.05) is 31.3 Å². The molecule has 0 radical (unpaired) electrons. The lowest BCUT2D eigenvalue weighted by atomic mass is 10.0. The second-order valence-corrected chi connectivity index (χ2v) is 5.46. The van der Waals surface area contributed by atoms with Gasteiger partial charge in [-0.25, -0.2) is 13.8 Å². The second-order valence-electron chi connectivity index (χ2n) is 5.46. The van der Waals surface area contributed by atoms with Crippen LogP contribution in [-0.2, 0) is 6.54 Å². The highest BCUT2D eigenvalue weighted by atomic mass is 19.1. The molecule has 1 atom stereocenters. The Morgan fingerprint density at radius 1 is 1.21 bits per heavy atom. The summed E-state index contributed by atoms with van der Waals surface area (Å²) in [6, 6.07) is 9.34. The van der Waals surface area contributed by atoms with Crippen LogP contribution in [0.15, 0.2) is 47.6 Å². The molecule has 1 aromatic heterocycles. The Morgan fingerprint density at radius 3 is 2.71 bits per heavy atom. The van der Waals surface area contributed by atoms with E-state index in [1.165, 1.54) is 12.1 Å². The molecule has 0 aliphatic rings. The number of rotatable bonds is 6. The molecule has 0 saturated heterocycles. The normalized spacial score (nSPS) is 12.8. The molecule has 6 heteroatoms. The van der Waals surface area contributed by atoms with Crippen LogP contribution in [0.1, 0.15) is 31.0 Å². The number of aromatic nitrogens is 1. The number of aliphatic imine (C=N–C) groups is 1. The van der Waals surface area contributed by atoms with Gasteiger partial charge in [-0.15, -0.1) is 0 Å². The smallest absolute Gasteiger partial charge is 0.191 e. The van der Waals surface area contributed by atoms with Gasteiger partial charge in [-0.3, -0.25) is 4.98 Å². The summed E-state index contributed by atoms with van der Waals surface area (Å²) in [5, 5.41) is 6.32. The quantitative estimate of drug-likeness (QED) is 0.631. The Balaban J connectivity index is 1.97. The molecular weight excluding hydrogens is 310 g/mol. The van der Waals surface area contributed by atoms with Crippen LogP contribution in [-0.4, -0.2) is 24.0 Å². The highest BCUT2D eigenvalue weighted by Crippen LogP contribution is 2.19. The first-order valence-corrected chi connectivity index (χ1v) is 7.97. The maximum atomic E-state index is 13.8. The van der Waals surface area contributed by atoms with E-state index >= 15 is 0 Å². The first-order valence-electron chi connectivity index (χ1n) is 7.97. The minimum absolute atomic E-state index is 0.121. The number of nitrogens with zero attached hydrogens (tertiary/aromatic N) is 2. The van der Waals surface area contributed by atoms with Gasteiger partial charge in [0.2, 0.25) is 0 Å². The molecule has 4 nitrogen and oxygen atoms in total. The van der Waals surface area contributed by atoms with Gasteiger partial charge in [0.05, 0.1) is 12.2 Å². The molecule has 2 rings (SSSR count). The molecule has 1 aromatic carbocycles. The molecule has 0 saturated carbocycles. The molecule has 2 aromatic rings. The van der Waals surface area contributed by atoms with Crippen LogP contribution in [0.25, 0.3) is 0 Å². The molecule has 0 bridgehead atoms.